The van der Waals surface area contributed by atoms with E-state index in [9.17, 15) is 14.0 Å². The zero-order chi connectivity index (χ0) is 26.5. The Hall–Kier alpha value is -3.27. The first kappa shape index (κ1) is 27.3. The second-order valence-electron chi connectivity index (χ2n) is 9.56. The van der Waals surface area contributed by atoms with Gasteiger partial charge in [-0.1, -0.05) is 11.6 Å². The number of carbonyl (C=O) groups is 2. The van der Waals surface area contributed by atoms with Crippen molar-refractivity contribution in [2.75, 3.05) is 25.6 Å². The van der Waals surface area contributed by atoms with Crippen LogP contribution in [-0.4, -0.2) is 49.0 Å². The minimum atomic E-state index is -0.692. The van der Waals surface area contributed by atoms with Gasteiger partial charge in [-0.05, 0) is 58.6 Å². The van der Waals surface area contributed by atoms with Gasteiger partial charge in [0, 0.05) is 11.6 Å². The number of anilines is 1. The predicted molar refractivity (Wildman–Crippen MR) is 133 cm³/mol. The minimum absolute atomic E-state index is 0.0162. The van der Waals surface area contributed by atoms with Crippen LogP contribution in [0.4, 0.5) is 14.9 Å². The zero-order valence-electron chi connectivity index (χ0n) is 20.9. The van der Waals surface area contributed by atoms with Crippen LogP contribution in [0.5, 0.6) is 17.4 Å². The Kier molecular flexibility index (Phi) is 8.84. The first-order valence-corrected chi connectivity index (χ1v) is 11.9. The predicted octanol–water partition coefficient (Wildman–Crippen LogP) is 5.22. The van der Waals surface area contributed by atoms with Crippen LogP contribution in [0.2, 0.25) is 5.02 Å². The maximum absolute atomic E-state index is 14.6. The van der Waals surface area contributed by atoms with Crippen LogP contribution in [0, 0.1) is 11.7 Å². The van der Waals surface area contributed by atoms with Gasteiger partial charge in [0.1, 0.15) is 12.2 Å². The summed E-state index contributed by atoms with van der Waals surface area (Å²) < 4.78 is 36.2. The molecule has 1 saturated carbocycles. The molecule has 1 aliphatic rings. The number of hydrogen-bond donors (Lipinski definition) is 2. The average Bonchev–Trinajstić information content (AvgIpc) is 3.61. The number of benzene rings is 1. The molecule has 1 heterocycles. The van der Waals surface area contributed by atoms with Crippen LogP contribution in [0.1, 0.15) is 50.9 Å². The van der Waals surface area contributed by atoms with Crippen molar-refractivity contribution in [3.8, 4) is 17.4 Å². The third kappa shape index (κ3) is 8.15. The second kappa shape index (κ2) is 11.6. The van der Waals surface area contributed by atoms with Crippen LogP contribution in [0.3, 0.4) is 0 Å². The summed E-state index contributed by atoms with van der Waals surface area (Å²) in [4.78, 5) is 28.7. The zero-order valence-corrected chi connectivity index (χ0v) is 21.7. The van der Waals surface area contributed by atoms with E-state index in [1.165, 1.54) is 25.4 Å². The fourth-order valence-corrected chi connectivity index (χ4v) is 3.21. The van der Waals surface area contributed by atoms with Crippen molar-refractivity contribution in [1.82, 2.24) is 10.3 Å². The molecule has 196 valence electrons. The Morgan fingerprint density at radius 1 is 1.22 bits per heavy atom. The monoisotopic (exact) mass is 523 g/mol. The van der Waals surface area contributed by atoms with Gasteiger partial charge in [0.2, 0.25) is 5.88 Å². The number of carbonyl (C=O) groups excluding carboxylic acids is 2. The van der Waals surface area contributed by atoms with Gasteiger partial charge in [0.25, 0.3) is 5.91 Å². The minimum Gasteiger partial charge on any atom is -0.493 e. The van der Waals surface area contributed by atoms with E-state index < -0.39 is 23.4 Å². The number of nitrogens with zero attached hydrogens (tertiary/aromatic N) is 1. The standard InChI is InChI=1S/C25H31ClFN3O6/c1-14(29-24(32)36-25(2,3)4)12-34-21-10-17(26)19(11-28-21)30-23(31)16-8-18(27)22(20(9-16)33-5)35-13-15-6-7-15/h8-11,14-15H,6-7,12-13H2,1-5H3,(H,29,32)(H,30,31)/t14-/m0/s1. The number of amides is 2. The Bertz CT molecular complexity index is 1100. The lowest BCUT2D eigenvalue weighted by Crippen LogP contribution is -2.40. The first-order valence-electron chi connectivity index (χ1n) is 11.5. The quantitative estimate of drug-likeness (QED) is 0.439. The molecule has 11 heteroatoms. The third-order valence-electron chi connectivity index (χ3n) is 4.97. The van der Waals surface area contributed by atoms with Crippen LogP contribution < -0.4 is 24.8 Å². The third-order valence-corrected chi connectivity index (χ3v) is 5.29. The average molecular weight is 524 g/mol. The lowest BCUT2D eigenvalue weighted by atomic mass is 10.1. The van der Waals surface area contributed by atoms with Crippen molar-refractivity contribution >= 4 is 29.3 Å². The van der Waals surface area contributed by atoms with Gasteiger partial charge in [0.05, 0.1) is 36.7 Å². The van der Waals surface area contributed by atoms with Crippen LogP contribution in [-0.2, 0) is 4.74 Å². The van der Waals surface area contributed by atoms with E-state index in [1.54, 1.807) is 27.7 Å². The number of halogens is 2. The highest BCUT2D eigenvalue weighted by molar-refractivity contribution is 6.34. The van der Waals surface area contributed by atoms with Gasteiger partial charge < -0.3 is 29.6 Å². The van der Waals surface area contributed by atoms with Crippen LogP contribution in [0.25, 0.3) is 0 Å². The molecule has 0 spiro atoms. The topological polar surface area (TPSA) is 108 Å². The summed E-state index contributed by atoms with van der Waals surface area (Å²) in [6, 6.07) is 3.55. The highest BCUT2D eigenvalue weighted by atomic mass is 35.5. The number of rotatable bonds is 10. The molecule has 0 unspecified atom stereocenters. The number of hydrogen-bond acceptors (Lipinski definition) is 7. The fraction of sp³-hybridized carbons (Fsp3) is 0.480. The molecule has 2 aromatic rings. The molecule has 1 fully saturated rings. The van der Waals surface area contributed by atoms with E-state index in [0.29, 0.717) is 12.5 Å². The van der Waals surface area contributed by atoms with Crippen LogP contribution >= 0.6 is 11.6 Å². The maximum atomic E-state index is 14.6. The van der Waals surface area contributed by atoms with E-state index in [2.05, 4.69) is 15.6 Å². The Balaban J connectivity index is 1.58. The highest BCUT2D eigenvalue weighted by Gasteiger charge is 2.25. The molecule has 0 radical (unpaired) electrons. The van der Waals surface area contributed by atoms with E-state index in [1.807, 2.05) is 0 Å². The van der Waals surface area contributed by atoms with Crippen molar-refractivity contribution in [3.05, 3.63) is 40.8 Å². The summed E-state index contributed by atoms with van der Waals surface area (Å²) in [5, 5.41) is 5.42. The molecular weight excluding hydrogens is 493 g/mol. The molecular formula is C25H31ClFN3O6. The molecule has 2 N–H and O–H groups in total. The van der Waals surface area contributed by atoms with Gasteiger partial charge >= 0.3 is 6.09 Å². The summed E-state index contributed by atoms with van der Waals surface area (Å²) in [7, 11) is 1.38. The van der Waals surface area contributed by atoms with Gasteiger partial charge in [-0.25, -0.2) is 14.2 Å². The number of alkyl carbamates (subject to hydrolysis) is 1. The summed E-state index contributed by atoms with van der Waals surface area (Å²) in [6.45, 7) is 7.58. The second-order valence-corrected chi connectivity index (χ2v) is 9.97. The van der Waals surface area contributed by atoms with Crippen molar-refractivity contribution in [3.63, 3.8) is 0 Å². The summed E-state index contributed by atoms with van der Waals surface area (Å²) in [5.74, 6) is -0.556. The number of nitrogens with one attached hydrogen (secondary N) is 2. The molecule has 1 aromatic heterocycles. The number of methoxy groups -OCH3 is 1. The van der Waals surface area contributed by atoms with Gasteiger partial charge in [-0.2, -0.15) is 0 Å². The molecule has 9 nitrogen and oxygen atoms in total. The van der Waals surface area contributed by atoms with Gasteiger partial charge in [0.15, 0.2) is 17.3 Å². The van der Waals surface area contributed by atoms with Gasteiger partial charge in [-0.3, -0.25) is 4.79 Å². The molecule has 0 aliphatic heterocycles. The maximum Gasteiger partial charge on any atom is 0.407 e. The Morgan fingerprint density at radius 2 is 1.94 bits per heavy atom. The molecule has 3 rings (SSSR count). The van der Waals surface area contributed by atoms with Crippen molar-refractivity contribution < 1.29 is 32.9 Å². The van der Waals surface area contributed by atoms with Crippen molar-refractivity contribution in [1.29, 1.82) is 0 Å². The number of ether oxygens (including phenoxy) is 4. The van der Waals surface area contributed by atoms with E-state index in [-0.39, 0.29) is 46.3 Å². The highest BCUT2D eigenvalue weighted by Crippen LogP contribution is 2.35. The fourth-order valence-electron chi connectivity index (χ4n) is 3.02. The van der Waals surface area contributed by atoms with Crippen molar-refractivity contribution in [2.24, 2.45) is 5.92 Å². The molecule has 0 bridgehead atoms. The molecule has 1 atom stereocenters. The molecule has 1 aliphatic carbocycles. The largest absolute Gasteiger partial charge is 0.493 e. The van der Waals surface area contributed by atoms with E-state index in [4.69, 9.17) is 30.5 Å². The summed E-state index contributed by atoms with van der Waals surface area (Å²) in [5.41, 5.74) is -0.369. The lowest BCUT2D eigenvalue weighted by molar-refractivity contribution is 0.0493. The summed E-state index contributed by atoms with van der Waals surface area (Å²) >= 11 is 6.28. The molecule has 36 heavy (non-hydrogen) atoms. The molecule has 1 aromatic carbocycles. The van der Waals surface area contributed by atoms with E-state index >= 15 is 0 Å². The van der Waals surface area contributed by atoms with Crippen molar-refractivity contribution in [2.45, 2.75) is 52.2 Å². The Labute approximate surface area is 214 Å². The summed E-state index contributed by atoms with van der Waals surface area (Å²) in [6.07, 6.45) is 2.89. The normalized spacial score (nSPS) is 14.0. The number of pyridine rings is 1. The Morgan fingerprint density at radius 3 is 2.56 bits per heavy atom. The lowest BCUT2D eigenvalue weighted by Gasteiger charge is -2.22. The van der Waals surface area contributed by atoms with Gasteiger partial charge in [-0.15, -0.1) is 0 Å². The molecule has 2 amide bonds. The van der Waals surface area contributed by atoms with Crippen LogP contribution in [0.15, 0.2) is 24.4 Å². The SMILES string of the molecule is COc1cc(C(=O)Nc2cnc(OC[C@H](C)NC(=O)OC(C)(C)C)cc2Cl)cc(F)c1OCC1CC1. The van der Waals surface area contributed by atoms with E-state index in [0.717, 1.165) is 18.9 Å². The molecule has 0 saturated heterocycles. The number of aromatic nitrogens is 1. The smallest absolute Gasteiger partial charge is 0.407 e. The first-order chi connectivity index (χ1) is 16.9.